The number of hydrogen-bond acceptors (Lipinski definition) is 9. The molecule has 0 aromatic rings. The van der Waals surface area contributed by atoms with Gasteiger partial charge in [-0.2, -0.15) is 0 Å². The number of carbonyl (C=O) groups is 2. The number of ether oxygens (including phenoxy) is 4. The number of aliphatic hydroxyl groups excluding tert-OH is 3. The maximum atomic E-state index is 12.0. The lowest BCUT2D eigenvalue weighted by Crippen LogP contribution is -2.60. The van der Waals surface area contributed by atoms with Crippen LogP contribution >= 0.6 is 0 Å². The van der Waals surface area contributed by atoms with Crippen LogP contribution in [0.3, 0.4) is 0 Å². The van der Waals surface area contributed by atoms with Gasteiger partial charge in [-0.3, -0.25) is 4.79 Å². The molecule has 2 saturated carbocycles. The number of carbonyl (C=O) groups excluding carboxylic acids is 2. The largest absolute Gasteiger partial charge is 0.463 e. The number of esters is 2. The number of cyclic esters (lactones) is 1. The molecule has 9 atom stereocenters. The molecule has 0 radical (unpaired) electrons. The number of fused-ring (bicyclic) bond motifs is 1. The third kappa shape index (κ3) is 5.66. The van der Waals surface area contributed by atoms with Gasteiger partial charge in [-0.05, 0) is 67.3 Å². The summed E-state index contributed by atoms with van der Waals surface area (Å²) in [4.78, 5) is 23.2. The molecule has 208 valence electrons. The second-order valence-corrected chi connectivity index (χ2v) is 11.8. The van der Waals surface area contributed by atoms with Gasteiger partial charge in [0.15, 0.2) is 6.29 Å². The van der Waals surface area contributed by atoms with E-state index in [1.807, 2.05) is 6.08 Å². The molecule has 2 aliphatic heterocycles. The van der Waals surface area contributed by atoms with Crippen LogP contribution in [0.15, 0.2) is 23.8 Å². The molecule has 4 aliphatic rings. The van der Waals surface area contributed by atoms with Gasteiger partial charge >= 0.3 is 11.9 Å². The number of hydrogen-bond donors (Lipinski definition) is 3. The van der Waals surface area contributed by atoms with Gasteiger partial charge in [0.1, 0.15) is 37.6 Å². The Morgan fingerprint density at radius 2 is 1.95 bits per heavy atom. The first-order valence-electron chi connectivity index (χ1n) is 13.4. The zero-order valence-electron chi connectivity index (χ0n) is 22.2. The van der Waals surface area contributed by atoms with Crippen molar-refractivity contribution < 1.29 is 43.9 Å². The smallest absolute Gasteiger partial charge is 0.334 e. The molecule has 9 nitrogen and oxygen atoms in total. The third-order valence-electron chi connectivity index (χ3n) is 9.35. The van der Waals surface area contributed by atoms with E-state index < -0.39 is 36.7 Å². The van der Waals surface area contributed by atoms with E-state index in [0.717, 1.165) is 44.1 Å². The van der Waals surface area contributed by atoms with Gasteiger partial charge in [-0.25, -0.2) is 4.79 Å². The Hall–Kier alpha value is -1.78. The maximum absolute atomic E-state index is 12.0. The molecule has 2 aliphatic carbocycles. The van der Waals surface area contributed by atoms with E-state index in [9.17, 15) is 24.9 Å². The molecule has 0 amide bonds. The molecule has 0 aromatic heterocycles. The molecule has 3 N–H and O–H groups in total. The lowest BCUT2D eigenvalue weighted by Gasteiger charge is -2.59. The summed E-state index contributed by atoms with van der Waals surface area (Å²) in [6.07, 6.45) is 1.89. The third-order valence-corrected chi connectivity index (χ3v) is 9.35. The van der Waals surface area contributed by atoms with Crippen molar-refractivity contribution in [2.24, 2.45) is 22.7 Å². The first-order chi connectivity index (χ1) is 17.5. The Bertz CT molecular complexity index is 915. The molecule has 3 fully saturated rings. The number of allylic oxidation sites excluding steroid dienone is 1. The normalized spacial score (nSPS) is 42.1. The van der Waals surface area contributed by atoms with Crippen molar-refractivity contribution in [2.45, 2.75) is 96.4 Å². The van der Waals surface area contributed by atoms with Crippen molar-refractivity contribution in [3.05, 3.63) is 23.8 Å². The summed E-state index contributed by atoms with van der Waals surface area (Å²) in [7, 11) is 0. The predicted octanol–water partition coefficient (Wildman–Crippen LogP) is 2.42. The second kappa shape index (κ2) is 11.1. The average Bonchev–Trinajstić information content (AvgIpc) is 3.25. The number of rotatable bonds is 8. The molecule has 1 saturated heterocycles. The van der Waals surface area contributed by atoms with E-state index in [-0.39, 0.29) is 29.3 Å². The van der Waals surface area contributed by atoms with Gasteiger partial charge in [-0.15, -0.1) is 0 Å². The summed E-state index contributed by atoms with van der Waals surface area (Å²) < 4.78 is 21.9. The van der Waals surface area contributed by atoms with Crippen LogP contribution in [-0.4, -0.2) is 77.8 Å². The summed E-state index contributed by atoms with van der Waals surface area (Å²) in [6.45, 7) is 10.7. The molecule has 9 heteroatoms. The van der Waals surface area contributed by atoms with Crippen molar-refractivity contribution in [2.75, 3.05) is 19.8 Å². The first kappa shape index (κ1) is 28.2. The fraction of sp³-hybridized carbons (Fsp3) is 0.786. The fourth-order valence-electron chi connectivity index (χ4n) is 7.35. The highest BCUT2D eigenvalue weighted by molar-refractivity contribution is 5.90. The quantitative estimate of drug-likeness (QED) is 0.325. The minimum atomic E-state index is -1.48. The lowest BCUT2D eigenvalue weighted by atomic mass is 9.47. The molecular weight excluding hydrogens is 480 g/mol. The second-order valence-electron chi connectivity index (χ2n) is 11.8. The minimum absolute atomic E-state index is 0.00558. The zero-order chi connectivity index (χ0) is 27.0. The van der Waals surface area contributed by atoms with Crippen LogP contribution in [0.1, 0.15) is 65.7 Å². The van der Waals surface area contributed by atoms with Gasteiger partial charge in [0.05, 0.1) is 6.61 Å². The molecule has 9 unspecified atom stereocenters. The summed E-state index contributed by atoms with van der Waals surface area (Å²) in [6, 6.07) is 0. The van der Waals surface area contributed by atoms with Gasteiger partial charge in [0, 0.05) is 12.5 Å². The van der Waals surface area contributed by atoms with E-state index >= 15 is 0 Å². The molecule has 37 heavy (non-hydrogen) atoms. The molecule has 0 aromatic carbocycles. The monoisotopic (exact) mass is 522 g/mol. The summed E-state index contributed by atoms with van der Waals surface area (Å²) in [5, 5.41) is 31.2. The van der Waals surface area contributed by atoms with Crippen molar-refractivity contribution in [3.8, 4) is 0 Å². The van der Waals surface area contributed by atoms with Crippen LogP contribution in [0, 0.1) is 22.7 Å². The Morgan fingerprint density at radius 1 is 1.19 bits per heavy atom. The average molecular weight is 523 g/mol. The van der Waals surface area contributed by atoms with Gasteiger partial charge < -0.3 is 34.3 Å². The standard InChI is InChI=1S/C28H42O9/c1-16-6-9-21-27(3,11-5-12-28(21,4)19(16)8-7-18-10-13-34-25(18)33)15-36-26-24(32)23(31)22(30)20(37-26)14-35-17(2)29/h10,19-24,26,30-32H,1,5-9,11-15H2,2-4H3. The summed E-state index contributed by atoms with van der Waals surface area (Å²) in [5.41, 5.74) is 1.79. The highest BCUT2D eigenvalue weighted by Gasteiger charge is 2.55. The Morgan fingerprint density at radius 3 is 2.62 bits per heavy atom. The first-order valence-corrected chi connectivity index (χ1v) is 13.4. The topological polar surface area (TPSA) is 132 Å². The van der Waals surface area contributed by atoms with Crippen LogP contribution in [-0.2, 0) is 28.5 Å². The molecule has 2 heterocycles. The Balaban J connectivity index is 1.45. The fourth-order valence-corrected chi connectivity index (χ4v) is 7.35. The summed E-state index contributed by atoms with van der Waals surface area (Å²) >= 11 is 0. The van der Waals surface area contributed by atoms with E-state index in [1.165, 1.54) is 12.5 Å². The maximum Gasteiger partial charge on any atom is 0.334 e. The SMILES string of the molecule is C=C1CCC2C(C)(COC3OC(COC(C)=O)C(O)C(O)C3O)CCCC2(C)C1CCC1=CCOC1=O. The van der Waals surface area contributed by atoms with E-state index in [1.54, 1.807) is 0 Å². The van der Waals surface area contributed by atoms with Crippen molar-refractivity contribution in [1.82, 2.24) is 0 Å². The Labute approximate surface area is 218 Å². The van der Waals surface area contributed by atoms with Gasteiger partial charge in [0.25, 0.3) is 0 Å². The molecule has 0 bridgehead atoms. The van der Waals surface area contributed by atoms with Crippen LogP contribution in [0.4, 0.5) is 0 Å². The molecule has 4 rings (SSSR count). The van der Waals surface area contributed by atoms with Crippen LogP contribution < -0.4 is 0 Å². The summed E-state index contributed by atoms with van der Waals surface area (Å²) in [5.74, 6) is -0.128. The van der Waals surface area contributed by atoms with E-state index in [0.29, 0.717) is 25.6 Å². The highest BCUT2D eigenvalue weighted by Crippen LogP contribution is 2.62. The molecule has 0 spiro atoms. The van der Waals surface area contributed by atoms with Crippen molar-refractivity contribution in [1.29, 1.82) is 0 Å². The number of aliphatic hydroxyl groups is 3. The predicted molar refractivity (Wildman–Crippen MR) is 133 cm³/mol. The highest BCUT2D eigenvalue weighted by atomic mass is 16.7. The van der Waals surface area contributed by atoms with Crippen molar-refractivity contribution in [3.63, 3.8) is 0 Å². The zero-order valence-corrected chi connectivity index (χ0v) is 22.2. The van der Waals surface area contributed by atoms with Crippen LogP contribution in [0.5, 0.6) is 0 Å². The Kier molecular flexibility index (Phi) is 8.50. The minimum Gasteiger partial charge on any atom is -0.463 e. The van der Waals surface area contributed by atoms with Crippen LogP contribution in [0.25, 0.3) is 0 Å². The van der Waals surface area contributed by atoms with Gasteiger partial charge in [-0.1, -0.05) is 32.4 Å². The van der Waals surface area contributed by atoms with Crippen molar-refractivity contribution >= 4 is 11.9 Å². The van der Waals surface area contributed by atoms with E-state index in [4.69, 9.17) is 18.9 Å². The van der Waals surface area contributed by atoms with Crippen LogP contribution in [0.2, 0.25) is 0 Å². The lowest BCUT2D eigenvalue weighted by molar-refractivity contribution is -0.310. The van der Waals surface area contributed by atoms with E-state index in [2.05, 4.69) is 20.4 Å². The molecular formula is C28H42O9. The van der Waals surface area contributed by atoms with Gasteiger partial charge in [0.2, 0.25) is 0 Å².